The van der Waals surface area contributed by atoms with Crippen LogP contribution in [0.3, 0.4) is 0 Å². The van der Waals surface area contributed by atoms with E-state index < -0.39 is 0 Å². The third kappa shape index (κ3) is 2.29. The second-order valence-corrected chi connectivity index (χ2v) is 5.27. The van der Waals surface area contributed by atoms with Gasteiger partial charge in [0.25, 0.3) is 0 Å². The number of carbonyl (C=O) groups excluding carboxylic acids is 1. The molecule has 1 atom stereocenters. The summed E-state index contributed by atoms with van der Waals surface area (Å²) in [5.41, 5.74) is 1.86. The van der Waals surface area contributed by atoms with Crippen molar-refractivity contribution in [2.24, 2.45) is 0 Å². The van der Waals surface area contributed by atoms with Gasteiger partial charge in [0, 0.05) is 28.3 Å². The lowest BCUT2D eigenvalue weighted by atomic mass is 10.0. The highest BCUT2D eigenvalue weighted by molar-refractivity contribution is 9.10. The van der Waals surface area contributed by atoms with Crippen LogP contribution in [0.15, 0.2) is 22.7 Å². The second kappa shape index (κ2) is 5.00. The Bertz CT molecular complexity index is 392. The van der Waals surface area contributed by atoms with Gasteiger partial charge in [-0.2, -0.15) is 0 Å². The van der Waals surface area contributed by atoms with E-state index in [2.05, 4.69) is 27.8 Å². The van der Waals surface area contributed by atoms with Gasteiger partial charge in [0.05, 0.1) is 0 Å². The van der Waals surface area contributed by atoms with Crippen molar-refractivity contribution in [1.29, 1.82) is 0 Å². The summed E-state index contributed by atoms with van der Waals surface area (Å²) < 4.78 is 0.961. The van der Waals surface area contributed by atoms with Gasteiger partial charge in [0.1, 0.15) is 0 Å². The van der Waals surface area contributed by atoms with Crippen LogP contribution in [0.2, 0.25) is 0 Å². The maximum absolute atomic E-state index is 11.1. The molecule has 0 spiro atoms. The topological polar surface area (TPSA) is 20.3 Å². The Hall–Kier alpha value is -0.830. The third-order valence-electron chi connectivity index (χ3n) is 3.23. The molecule has 1 aliphatic heterocycles. The number of anilines is 1. The summed E-state index contributed by atoms with van der Waals surface area (Å²) in [5.74, 6) is 0. The number of carbonyl (C=O) groups is 1. The fourth-order valence-corrected chi connectivity index (χ4v) is 2.72. The van der Waals surface area contributed by atoms with Gasteiger partial charge in [-0.15, -0.1) is 0 Å². The van der Waals surface area contributed by atoms with Crippen molar-refractivity contribution in [1.82, 2.24) is 0 Å². The van der Waals surface area contributed by atoms with Crippen molar-refractivity contribution < 1.29 is 4.79 Å². The van der Waals surface area contributed by atoms with Crippen LogP contribution in [-0.2, 0) is 0 Å². The highest BCUT2D eigenvalue weighted by atomic mass is 79.9. The molecule has 0 bridgehead atoms. The Morgan fingerprint density at radius 3 is 2.94 bits per heavy atom. The summed E-state index contributed by atoms with van der Waals surface area (Å²) >= 11 is 3.40. The molecule has 0 saturated carbocycles. The predicted octanol–water partition coefficient (Wildman–Crippen LogP) is 3.64. The summed E-state index contributed by atoms with van der Waals surface area (Å²) in [4.78, 5) is 13.4. The number of rotatable bonds is 2. The van der Waals surface area contributed by atoms with Gasteiger partial charge < -0.3 is 4.90 Å². The van der Waals surface area contributed by atoms with Crippen molar-refractivity contribution in [3.63, 3.8) is 0 Å². The minimum absolute atomic E-state index is 0.536. The highest BCUT2D eigenvalue weighted by Gasteiger charge is 2.20. The monoisotopic (exact) mass is 281 g/mol. The van der Waals surface area contributed by atoms with E-state index in [4.69, 9.17) is 0 Å². The first-order chi connectivity index (χ1) is 7.72. The first-order valence-electron chi connectivity index (χ1n) is 5.74. The maximum Gasteiger partial charge on any atom is 0.152 e. The number of halogens is 1. The molecule has 0 unspecified atom stereocenters. The van der Waals surface area contributed by atoms with E-state index in [0.29, 0.717) is 6.04 Å². The predicted molar refractivity (Wildman–Crippen MR) is 70.2 cm³/mol. The lowest BCUT2D eigenvalue weighted by Gasteiger charge is -2.36. The standard InChI is InChI=1S/C13H16BrNO/c1-10-4-2-3-7-15(10)13-6-5-12(14)8-11(13)9-16/h5-6,8-10H,2-4,7H2,1H3/t10-/m0/s1. The third-order valence-corrected chi connectivity index (χ3v) is 3.72. The van der Waals surface area contributed by atoms with Crippen molar-refractivity contribution in [2.75, 3.05) is 11.4 Å². The molecule has 1 aromatic rings. The SMILES string of the molecule is C[C@H]1CCCCN1c1ccc(Br)cc1C=O. The molecular formula is C13H16BrNO. The van der Waals surface area contributed by atoms with Crippen LogP contribution in [0, 0.1) is 0 Å². The zero-order valence-electron chi connectivity index (χ0n) is 9.45. The summed E-state index contributed by atoms with van der Waals surface area (Å²) in [5, 5.41) is 0. The van der Waals surface area contributed by atoms with Crippen molar-refractivity contribution in [3.05, 3.63) is 28.2 Å². The van der Waals surface area contributed by atoms with Crippen LogP contribution in [-0.4, -0.2) is 18.9 Å². The zero-order valence-corrected chi connectivity index (χ0v) is 11.0. The van der Waals surface area contributed by atoms with Crippen molar-refractivity contribution in [3.8, 4) is 0 Å². The minimum atomic E-state index is 0.536. The fourth-order valence-electron chi connectivity index (χ4n) is 2.34. The van der Waals surface area contributed by atoms with Gasteiger partial charge in [-0.3, -0.25) is 4.79 Å². The first-order valence-corrected chi connectivity index (χ1v) is 6.53. The van der Waals surface area contributed by atoms with Gasteiger partial charge >= 0.3 is 0 Å². The molecular weight excluding hydrogens is 266 g/mol. The molecule has 0 aromatic heterocycles. The van der Waals surface area contributed by atoms with Crippen LogP contribution in [0.1, 0.15) is 36.5 Å². The minimum Gasteiger partial charge on any atom is -0.368 e. The average molecular weight is 282 g/mol. The average Bonchev–Trinajstić information content (AvgIpc) is 2.30. The molecule has 0 radical (unpaired) electrons. The van der Waals surface area contributed by atoms with Crippen molar-refractivity contribution in [2.45, 2.75) is 32.2 Å². The highest BCUT2D eigenvalue weighted by Crippen LogP contribution is 2.28. The Balaban J connectivity index is 2.34. The number of piperidine rings is 1. The van der Waals surface area contributed by atoms with Gasteiger partial charge in [-0.1, -0.05) is 15.9 Å². The molecule has 0 N–H and O–H groups in total. The van der Waals surface area contributed by atoms with E-state index in [1.807, 2.05) is 18.2 Å². The molecule has 2 nitrogen and oxygen atoms in total. The van der Waals surface area contributed by atoms with E-state index in [1.165, 1.54) is 19.3 Å². The maximum atomic E-state index is 11.1. The molecule has 0 amide bonds. The van der Waals surface area contributed by atoms with E-state index >= 15 is 0 Å². The fraction of sp³-hybridized carbons (Fsp3) is 0.462. The molecule has 1 fully saturated rings. The summed E-state index contributed by atoms with van der Waals surface area (Å²) in [6, 6.07) is 6.47. The van der Waals surface area contributed by atoms with Crippen LogP contribution in [0.4, 0.5) is 5.69 Å². The van der Waals surface area contributed by atoms with E-state index in [0.717, 1.165) is 28.6 Å². The van der Waals surface area contributed by atoms with Crippen LogP contribution in [0.25, 0.3) is 0 Å². The molecule has 1 heterocycles. The van der Waals surface area contributed by atoms with Gasteiger partial charge in [-0.05, 0) is 44.4 Å². The molecule has 1 saturated heterocycles. The first kappa shape index (κ1) is 11.6. The normalized spacial score (nSPS) is 20.9. The van der Waals surface area contributed by atoms with Gasteiger partial charge in [0.2, 0.25) is 0 Å². The zero-order chi connectivity index (χ0) is 11.5. The van der Waals surface area contributed by atoms with Crippen LogP contribution < -0.4 is 4.90 Å². The molecule has 1 aliphatic rings. The Morgan fingerprint density at radius 1 is 1.44 bits per heavy atom. The van der Waals surface area contributed by atoms with E-state index in [9.17, 15) is 4.79 Å². The van der Waals surface area contributed by atoms with E-state index in [1.54, 1.807) is 0 Å². The number of nitrogens with zero attached hydrogens (tertiary/aromatic N) is 1. The number of benzene rings is 1. The van der Waals surface area contributed by atoms with Crippen molar-refractivity contribution >= 4 is 27.9 Å². The summed E-state index contributed by atoms with van der Waals surface area (Å²) in [7, 11) is 0. The molecule has 2 rings (SSSR count). The number of hydrogen-bond donors (Lipinski definition) is 0. The molecule has 3 heteroatoms. The lowest BCUT2D eigenvalue weighted by Crippen LogP contribution is -2.37. The second-order valence-electron chi connectivity index (χ2n) is 4.36. The largest absolute Gasteiger partial charge is 0.368 e. The quantitative estimate of drug-likeness (QED) is 0.772. The van der Waals surface area contributed by atoms with Gasteiger partial charge in [0.15, 0.2) is 6.29 Å². The van der Waals surface area contributed by atoms with Crippen LogP contribution in [0.5, 0.6) is 0 Å². The molecule has 0 aliphatic carbocycles. The summed E-state index contributed by atoms with van der Waals surface area (Å²) in [6.45, 7) is 3.29. The van der Waals surface area contributed by atoms with E-state index in [-0.39, 0.29) is 0 Å². The Morgan fingerprint density at radius 2 is 2.25 bits per heavy atom. The lowest BCUT2D eigenvalue weighted by molar-refractivity contribution is 0.112. The summed E-state index contributed by atoms with van der Waals surface area (Å²) in [6.07, 6.45) is 4.68. The smallest absolute Gasteiger partial charge is 0.152 e. The Labute approximate surface area is 105 Å². The van der Waals surface area contributed by atoms with Gasteiger partial charge in [-0.25, -0.2) is 0 Å². The molecule has 86 valence electrons. The number of hydrogen-bond acceptors (Lipinski definition) is 2. The van der Waals surface area contributed by atoms with Crippen LogP contribution >= 0.6 is 15.9 Å². The molecule has 16 heavy (non-hydrogen) atoms. The Kier molecular flexibility index (Phi) is 3.64. The number of aldehydes is 1. The molecule has 1 aromatic carbocycles.